The monoisotopic (exact) mass is 318 g/mol. The molecule has 0 atom stereocenters. The first-order chi connectivity index (χ1) is 10.6. The molecule has 0 aliphatic rings. The smallest absolute Gasteiger partial charge is 0.227 e. The van der Waals surface area contributed by atoms with E-state index in [1.165, 1.54) is 16.9 Å². The molecular formula is C15H18N4O2S. The highest BCUT2D eigenvalue weighted by Crippen LogP contribution is 2.26. The number of carbonyl (C=O) groups is 2. The van der Waals surface area contributed by atoms with Gasteiger partial charge in [-0.15, -0.1) is 10.2 Å². The lowest BCUT2D eigenvalue weighted by atomic mass is 10.2. The van der Waals surface area contributed by atoms with E-state index in [1.807, 2.05) is 31.2 Å². The van der Waals surface area contributed by atoms with E-state index in [0.29, 0.717) is 18.1 Å². The summed E-state index contributed by atoms with van der Waals surface area (Å²) in [7, 11) is 0. The maximum Gasteiger partial charge on any atom is 0.227 e. The first kappa shape index (κ1) is 16.1. The fraction of sp³-hybridized carbons (Fsp3) is 0.333. The van der Waals surface area contributed by atoms with Crippen LogP contribution in [0.2, 0.25) is 0 Å². The number of rotatable bonds is 6. The van der Waals surface area contributed by atoms with Crippen molar-refractivity contribution in [3.8, 4) is 10.6 Å². The Labute approximate surface area is 133 Å². The molecule has 1 aromatic carbocycles. The summed E-state index contributed by atoms with van der Waals surface area (Å²) in [5.41, 5.74) is 2.15. The summed E-state index contributed by atoms with van der Waals surface area (Å²) in [6, 6.07) is 7.96. The summed E-state index contributed by atoms with van der Waals surface area (Å²) < 4.78 is 0. The van der Waals surface area contributed by atoms with Gasteiger partial charge >= 0.3 is 0 Å². The second-order valence-corrected chi connectivity index (χ2v) is 5.76. The zero-order valence-corrected chi connectivity index (χ0v) is 13.4. The van der Waals surface area contributed by atoms with Crippen LogP contribution < -0.4 is 10.6 Å². The van der Waals surface area contributed by atoms with Gasteiger partial charge < -0.3 is 10.6 Å². The Morgan fingerprint density at radius 1 is 1.14 bits per heavy atom. The van der Waals surface area contributed by atoms with Crippen LogP contribution in [0.1, 0.15) is 25.3 Å². The van der Waals surface area contributed by atoms with Crippen LogP contribution in [0.15, 0.2) is 24.3 Å². The topological polar surface area (TPSA) is 84.0 Å². The Morgan fingerprint density at radius 3 is 2.55 bits per heavy atom. The molecule has 0 bridgehead atoms. The van der Waals surface area contributed by atoms with Crippen LogP contribution in [0.25, 0.3) is 10.6 Å². The minimum Gasteiger partial charge on any atom is -0.356 e. The van der Waals surface area contributed by atoms with Crippen LogP contribution in [0.5, 0.6) is 0 Å². The van der Waals surface area contributed by atoms with Crippen molar-refractivity contribution in [3.63, 3.8) is 0 Å². The number of hydrogen-bond acceptors (Lipinski definition) is 5. The van der Waals surface area contributed by atoms with Gasteiger partial charge in [-0.1, -0.05) is 48.1 Å². The maximum absolute atomic E-state index is 11.7. The fourth-order valence-corrected chi connectivity index (χ4v) is 2.47. The first-order valence-corrected chi connectivity index (χ1v) is 7.87. The molecule has 0 saturated carbocycles. The first-order valence-electron chi connectivity index (χ1n) is 7.05. The number of nitrogens with one attached hydrogen (secondary N) is 2. The summed E-state index contributed by atoms with van der Waals surface area (Å²) in [4.78, 5) is 22.8. The second kappa shape index (κ2) is 7.65. The molecule has 0 spiro atoms. The predicted octanol–water partition coefficient (Wildman–Crippen LogP) is 2.37. The van der Waals surface area contributed by atoms with E-state index in [4.69, 9.17) is 0 Å². The van der Waals surface area contributed by atoms with E-state index in [2.05, 4.69) is 20.8 Å². The van der Waals surface area contributed by atoms with Gasteiger partial charge in [-0.2, -0.15) is 0 Å². The number of carbonyl (C=O) groups excluding carboxylic acids is 2. The van der Waals surface area contributed by atoms with E-state index in [-0.39, 0.29) is 18.2 Å². The van der Waals surface area contributed by atoms with Gasteiger partial charge in [-0.25, -0.2) is 0 Å². The molecule has 2 aromatic rings. The highest BCUT2D eigenvalue weighted by atomic mass is 32.1. The highest BCUT2D eigenvalue weighted by Gasteiger charge is 2.09. The van der Waals surface area contributed by atoms with Crippen molar-refractivity contribution in [1.82, 2.24) is 15.5 Å². The SMILES string of the molecule is CCC(=O)NCCC(=O)Nc1nnc(-c2ccc(C)cc2)s1. The molecule has 2 N–H and O–H groups in total. The number of aromatic nitrogens is 2. The van der Waals surface area contributed by atoms with Crippen LogP contribution in [-0.2, 0) is 9.59 Å². The lowest BCUT2D eigenvalue weighted by Gasteiger charge is -2.02. The van der Waals surface area contributed by atoms with Gasteiger partial charge in [0.1, 0.15) is 5.01 Å². The molecule has 0 radical (unpaired) electrons. The van der Waals surface area contributed by atoms with Crippen molar-refractivity contribution in [2.24, 2.45) is 0 Å². The summed E-state index contributed by atoms with van der Waals surface area (Å²) in [6.45, 7) is 4.11. The second-order valence-electron chi connectivity index (χ2n) is 4.78. The van der Waals surface area contributed by atoms with Gasteiger partial charge in [0.2, 0.25) is 16.9 Å². The minimum absolute atomic E-state index is 0.0645. The quantitative estimate of drug-likeness (QED) is 0.856. The summed E-state index contributed by atoms with van der Waals surface area (Å²) in [6.07, 6.45) is 0.628. The molecular weight excluding hydrogens is 300 g/mol. The van der Waals surface area contributed by atoms with Crippen molar-refractivity contribution in [2.45, 2.75) is 26.7 Å². The van der Waals surface area contributed by atoms with Gasteiger partial charge in [-0.3, -0.25) is 9.59 Å². The highest BCUT2D eigenvalue weighted by molar-refractivity contribution is 7.18. The van der Waals surface area contributed by atoms with Gasteiger partial charge in [0.15, 0.2) is 0 Å². The minimum atomic E-state index is -0.192. The van der Waals surface area contributed by atoms with Gasteiger partial charge in [0.25, 0.3) is 0 Å². The molecule has 0 saturated heterocycles. The van der Waals surface area contributed by atoms with Gasteiger partial charge in [-0.05, 0) is 6.92 Å². The number of anilines is 1. The number of benzene rings is 1. The van der Waals surface area contributed by atoms with Crippen LogP contribution in [0.4, 0.5) is 5.13 Å². The Bertz CT molecular complexity index is 652. The standard InChI is InChI=1S/C15H18N4O2S/c1-3-12(20)16-9-8-13(21)17-15-19-18-14(22-15)11-6-4-10(2)5-7-11/h4-7H,3,8-9H2,1-2H3,(H,16,20)(H,17,19,21). The van der Waals surface area contributed by atoms with Crippen LogP contribution in [0.3, 0.4) is 0 Å². The van der Waals surface area contributed by atoms with Crippen molar-refractivity contribution in [3.05, 3.63) is 29.8 Å². The molecule has 22 heavy (non-hydrogen) atoms. The van der Waals surface area contributed by atoms with Crippen LogP contribution >= 0.6 is 11.3 Å². The van der Waals surface area contributed by atoms with Crippen molar-refractivity contribution < 1.29 is 9.59 Å². The Balaban J connectivity index is 1.87. The number of aryl methyl sites for hydroxylation is 1. The molecule has 2 rings (SSSR count). The average molecular weight is 318 g/mol. The van der Waals surface area contributed by atoms with E-state index >= 15 is 0 Å². The third-order valence-corrected chi connectivity index (χ3v) is 3.85. The molecule has 6 nitrogen and oxygen atoms in total. The van der Waals surface area contributed by atoms with E-state index in [9.17, 15) is 9.59 Å². The molecule has 0 aliphatic heterocycles. The summed E-state index contributed by atoms with van der Waals surface area (Å²) in [5.74, 6) is -0.256. The predicted molar refractivity (Wildman–Crippen MR) is 86.6 cm³/mol. The zero-order chi connectivity index (χ0) is 15.9. The zero-order valence-electron chi connectivity index (χ0n) is 12.5. The summed E-state index contributed by atoms with van der Waals surface area (Å²) in [5, 5.41) is 14.6. The van der Waals surface area contributed by atoms with Crippen molar-refractivity contribution in [1.29, 1.82) is 0 Å². The Kier molecular flexibility index (Phi) is 5.60. The largest absolute Gasteiger partial charge is 0.356 e. The number of amides is 2. The molecule has 1 aromatic heterocycles. The van der Waals surface area contributed by atoms with Crippen LogP contribution in [0, 0.1) is 6.92 Å². The van der Waals surface area contributed by atoms with Crippen molar-refractivity contribution >= 4 is 28.3 Å². The Morgan fingerprint density at radius 2 is 1.86 bits per heavy atom. The molecule has 0 unspecified atom stereocenters. The normalized spacial score (nSPS) is 10.3. The Hall–Kier alpha value is -2.28. The lowest BCUT2D eigenvalue weighted by Crippen LogP contribution is -2.26. The molecule has 2 amide bonds. The molecule has 0 aliphatic carbocycles. The van der Waals surface area contributed by atoms with Gasteiger partial charge in [0, 0.05) is 24.9 Å². The fourth-order valence-electron chi connectivity index (χ4n) is 1.71. The maximum atomic E-state index is 11.7. The third-order valence-electron chi connectivity index (χ3n) is 2.97. The number of hydrogen-bond donors (Lipinski definition) is 2. The molecule has 7 heteroatoms. The van der Waals surface area contributed by atoms with E-state index in [0.717, 1.165) is 10.6 Å². The molecule has 0 fully saturated rings. The van der Waals surface area contributed by atoms with Crippen LogP contribution in [-0.4, -0.2) is 28.6 Å². The molecule has 1 heterocycles. The molecule has 116 valence electrons. The average Bonchev–Trinajstić information content (AvgIpc) is 2.96. The van der Waals surface area contributed by atoms with Gasteiger partial charge in [0.05, 0.1) is 0 Å². The van der Waals surface area contributed by atoms with E-state index in [1.54, 1.807) is 6.92 Å². The summed E-state index contributed by atoms with van der Waals surface area (Å²) >= 11 is 1.32. The third kappa shape index (κ3) is 4.63. The van der Waals surface area contributed by atoms with Crippen molar-refractivity contribution in [2.75, 3.05) is 11.9 Å². The number of nitrogens with zero attached hydrogens (tertiary/aromatic N) is 2. The lowest BCUT2D eigenvalue weighted by molar-refractivity contribution is -0.121. The van der Waals surface area contributed by atoms with E-state index < -0.39 is 0 Å².